The molecule has 0 fully saturated rings. The van der Waals surface area contributed by atoms with Gasteiger partial charge in [0.2, 0.25) is 0 Å². The van der Waals surface area contributed by atoms with Gasteiger partial charge in [-0.05, 0) is 36.5 Å². The maximum Gasteiger partial charge on any atom is 0.138 e. The lowest BCUT2D eigenvalue weighted by atomic mass is 10.0. The molecule has 0 spiro atoms. The van der Waals surface area contributed by atoms with Gasteiger partial charge in [-0.2, -0.15) is 0 Å². The van der Waals surface area contributed by atoms with Gasteiger partial charge in [-0.15, -0.1) is 0 Å². The minimum atomic E-state index is 0.183. The van der Waals surface area contributed by atoms with Gasteiger partial charge >= 0.3 is 0 Å². The third kappa shape index (κ3) is 6.60. The molecule has 3 nitrogen and oxygen atoms in total. The fourth-order valence-corrected chi connectivity index (χ4v) is 2.02. The molecule has 0 amide bonds. The van der Waals surface area contributed by atoms with Crippen molar-refractivity contribution in [3.8, 4) is 5.75 Å². The van der Waals surface area contributed by atoms with Crippen molar-refractivity contribution in [3.63, 3.8) is 0 Å². The standard InChI is InChI=1S/C16H26ClNO2/c1-4-14(18)9-13-5-6-16(15(17)10-13)20-8-7-19-11-12(2)3/h5-6,10,12,14H,4,7-9,11,18H2,1-3H3. The number of rotatable bonds is 9. The van der Waals surface area contributed by atoms with Crippen LogP contribution in [0.15, 0.2) is 18.2 Å². The second-order valence-corrected chi connectivity index (χ2v) is 5.86. The normalized spacial score (nSPS) is 12.7. The van der Waals surface area contributed by atoms with Crippen LogP contribution in [0.3, 0.4) is 0 Å². The van der Waals surface area contributed by atoms with Crippen molar-refractivity contribution in [2.75, 3.05) is 19.8 Å². The zero-order valence-corrected chi connectivity index (χ0v) is 13.5. The average Bonchev–Trinajstić information content (AvgIpc) is 2.40. The van der Waals surface area contributed by atoms with Crippen molar-refractivity contribution in [2.24, 2.45) is 11.7 Å². The van der Waals surface area contributed by atoms with Crippen LogP contribution in [0.1, 0.15) is 32.8 Å². The van der Waals surface area contributed by atoms with E-state index < -0.39 is 0 Å². The highest BCUT2D eigenvalue weighted by Gasteiger charge is 2.06. The third-order valence-corrected chi connectivity index (χ3v) is 3.25. The molecule has 1 atom stereocenters. The largest absolute Gasteiger partial charge is 0.490 e. The third-order valence-electron chi connectivity index (χ3n) is 2.95. The Balaban J connectivity index is 2.39. The first-order valence-electron chi connectivity index (χ1n) is 7.27. The van der Waals surface area contributed by atoms with Crippen molar-refractivity contribution in [1.29, 1.82) is 0 Å². The summed E-state index contributed by atoms with van der Waals surface area (Å²) in [6, 6.07) is 6.04. The minimum absolute atomic E-state index is 0.183. The highest BCUT2D eigenvalue weighted by molar-refractivity contribution is 6.32. The minimum Gasteiger partial charge on any atom is -0.490 e. The maximum absolute atomic E-state index is 6.21. The lowest BCUT2D eigenvalue weighted by molar-refractivity contribution is 0.0819. The van der Waals surface area contributed by atoms with E-state index in [4.69, 9.17) is 26.8 Å². The van der Waals surface area contributed by atoms with E-state index in [0.717, 1.165) is 25.0 Å². The summed E-state index contributed by atoms with van der Waals surface area (Å²) >= 11 is 6.21. The Hall–Kier alpha value is -0.770. The van der Waals surface area contributed by atoms with E-state index in [0.29, 0.717) is 29.9 Å². The maximum atomic E-state index is 6.21. The molecule has 0 radical (unpaired) electrons. The van der Waals surface area contributed by atoms with E-state index in [-0.39, 0.29) is 6.04 Å². The van der Waals surface area contributed by atoms with Crippen molar-refractivity contribution >= 4 is 11.6 Å². The van der Waals surface area contributed by atoms with Gasteiger partial charge in [0, 0.05) is 12.6 Å². The molecule has 4 heteroatoms. The van der Waals surface area contributed by atoms with Crippen LogP contribution in [0.4, 0.5) is 0 Å². The summed E-state index contributed by atoms with van der Waals surface area (Å²) in [4.78, 5) is 0. The van der Waals surface area contributed by atoms with Crippen LogP contribution in [-0.4, -0.2) is 25.9 Å². The van der Waals surface area contributed by atoms with Gasteiger partial charge in [0.25, 0.3) is 0 Å². The fourth-order valence-electron chi connectivity index (χ4n) is 1.77. The van der Waals surface area contributed by atoms with E-state index in [9.17, 15) is 0 Å². The van der Waals surface area contributed by atoms with Crippen molar-refractivity contribution in [2.45, 2.75) is 39.7 Å². The Morgan fingerprint density at radius 1 is 1.25 bits per heavy atom. The molecule has 0 bridgehead atoms. The highest BCUT2D eigenvalue weighted by Crippen LogP contribution is 2.26. The predicted molar refractivity (Wildman–Crippen MR) is 84.6 cm³/mol. The van der Waals surface area contributed by atoms with Crippen LogP contribution in [0.25, 0.3) is 0 Å². The summed E-state index contributed by atoms with van der Waals surface area (Å²) in [5, 5.41) is 0.634. The molecule has 1 aromatic rings. The molecule has 0 saturated carbocycles. The molecule has 0 aliphatic carbocycles. The Bertz CT molecular complexity index is 396. The monoisotopic (exact) mass is 299 g/mol. The van der Waals surface area contributed by atoms with Crippen LogP contribution in [-0.2, 0) is 11.2 Å². The fraction of sp³-hybridized carbons (Fsp3) is 0.625. The molecule has 20 heavy (non-hydrogen) atoms. The first-order valence-corrected chi connectivity index (χ1v) is 7.65. The first kappa shape index (κ1) is 17.3. The predicted octanol–water partition coefficient (Wildman–Crippen LogP) is 3.67. The lowest BCUT2D eigenvalue weighted by Crippen LogP contribution is -2.21. The summed E-state index contributed by atoms with van der Waals surface area (Å²) in [6.45, 7) is 8.18. The molecule has 0 aliphatic rings. The van der Waals surface area contributed by atoms with Crippen molar-refractivity contribution in [3.05, 3.63) is 28.8 Å². The van der Waals surface area contributed by atoms with Crippen LogP contribution in [0, 0.1) is 5.92 Å². The highest BCUT2D eigenvalue weighted by atomic mass is 35.5. The van der Waals surface area contributed by atoms with Gasteiger partial charge in [0.1, 0.15) is 12.4 Å². The number of ether oxygens (including phenoxy) is 2. The average molecular weight is 300 g/mol. The Morgan fingerprint density at radius 3 is 2.60 bits per heavy atom. The molecule has 0 aliphatic heterocycles. The first-order chi connectivity index (χ1) is 9.52. The lowest BCUT2D eigenvalue weighted by Gasteiger charge is -2.12. The van der Waals surface area contributed by atoms with Gasteiger partial charge in [0.15, 0.2) is 0 Å². The second kappa shape index (κ2) is 9.22. The number of hydrogen-bond donors (Lipinski definition) is 1. The van der Waals surface area contributed by atoms with Crippen LogP contribution in [0.2, 0.25) is 5.02 Å². The van der Waals surface area contributed by atoms with Crippen LogP contribution in [0.5, 0.6) is 5.75 Å². The van der Waals surface area contributed by atoms with E-state index in [1.54, 1.807) is 0 Å². The quantitative estimate of drug-likeness (QED) is 0.708. The summed E-state index contributed by atoms with van der Waals surface area (Å²) in [5.41, 5.74) is 7.09. The number of benzene rings is 1. The van der Waals surface area contributed by atoms with E-state index >= 15 is 0 Å². The van der Waals surface area contributed by atoms with Gasteiger partial charge in [-0.25, -0.2) is 0 Å². The Morgan fingerprint density at radius 2 is 2.00 bits per heavy atom. The van der Waals surface area contributed by atoms with Gasteiger partial charge in [-0.1, -0.05) is 38.4 Å². The van der Waals surface area contributed by atoms with Gasteiger partial charge < -0.3 is 15.2 Å². The van der Waals surface area contributed by atoms with Crippen LogP contribution >= 0.6 is 11.6 Å². The van der Waals surface area contributed by atoms with Crippen molar-refractivity contribution in [1.82, 2.24) is 0 Å². The summed E-state index contributed by atoms with van der Waals surface area (Å²) in [5.74, 6) is 1.24. The van der Waals surface area contributed by atoms with E-state index in [2.05, 4.69) is 20.8 Å². The smallest absolute Gasteiger partial charge is 0.138 e. The molecule has 0 heterocycles. The zero-order chi connectivity index (χ0) is 15.0. The van der Waals surface area contributed by atoms with Gasteiger partial charge in [0.05, 0.1) is 11.6 Å². The van der Waals surface area contributed by atoms with E-state index in [1.165, 1.54) is 0 Å². The van der Waals surface area contributed by atoms with E-state index in [1.807, 2.05) is 18.2 Å². The molecular weight excluding hydrogens is 274 g/mol. The Labute approximate surface area is 127 Å². The summed E-state index contributed by atoms with van der Waals surface area (Å²) in [7, 11) is 0. The summed E-state index contributed by atoms with van der Waals surface area (Å²) in [6.07, 6.45) is 1.80. The topological polar surface area (TPSA) is 44.5 Å². The molecule has 1 unspecified atom stereocenters. The number of hydrogen-bond acceptors (Lipinski definition) is 3. The van der Waals surface area contributed by atoms with Crippen LogP contribution < -0.4 is 10.5 Å². The number of halogens is 1. The molecule has 0 aromatic heterocycles. The molecule has 2 N–H and O–H groups in total. The molecule has 114 valence electrons. The SMILES string of the molecule is CCC(N)Cc1ccc(OCCOCC(C)C)c(Cl)c1. The second-order valence-electron chi connectivity index (χ2n) is 5.45. The Kier molecular flexibility index (Phi) is 7.97. The molecule has 1 aromatic carbocycles. The zero-order valence-electron chi connectivity index (χ0n) is 12.7. The molecular formula is C16H26ClNO2. The summed E-state index contributed by atoms with van der Waals surface area (Å²) < 4.78 is 11.1. The molecule has 0 saturated heterocycles. The van der Waals surface area contributed by atoms with Gasteiger partial charge in [-0.3, -0.25) is 0 Å². The number of nitrogens with two attached hydrogens (primary N) is 1. The molecule has 1 rings (SSSR count). The van der Waals surface area contributed by atoms with Crippen molar-refractivity contribution < 1.29 is 9.47 Å².